The lowest BCUT2D eigenvalue weighted by molar-refractivity contribution is 0.353. The molecule has 22 heavy (non-hydrogen) atoms. The van der Waals surface area contributed by atoms with Gasteiger partial charge in [-0.25, -0.2) is 0 Å². The largest absolute Gasteiger partial charge is 0.506 e. The molecule has 0 atom stereocenters. The molecule has 3 aromatic rings. The van der Waals surface area contributed by atoms with Gasteiger partial charge in [0.05, 0.1) is 14.2 Å². The van der Waals surface area contributed by atoms with Crippen molar-refractivity contribution in [3.8, 4) is 28.4 Å². The molecule has 0 saturated carbocycles. The van der Waals surface area contributed by atoms with Gasteiger partial charge in [0, 0.05) is 11.6 Å². The van der Waals surface area contributed by atoms with Crippen molar-refractivity contribution in [2.24, 2.45) is 0 Å². The summed E-state index contributed by atoms with van der Waals surface area (Å²) in [5, 5.41) is 10.9. The van der Waals surface area contributed by atoms with Gasteiger partial charge in [-0.3, -0.25) is 4.98 Å². The third kappa shape index (κ3) is 2.22. The molecule has 0 saturated heterocycles. The molecule has 2 aromatic carbocycles. The summed E-state index contributed by atoms with van der Waals surface area (Å²) in [5.74, 6) is 1.59. The monoisotopic (exact) mass is 295 g/mol. The third-order valence-corrected chi connectivity index (χ3v) is 3.72. The van der Waals surface area contributed by atoms with Crippen LogP contribution in [-0.4, -0.2) is 24.3 Å². The minimum Gasteiger partial charge on any atom is -0.506 e. The average Bonchev–Trinajstić information content (AvgIpc) is 2.54. The number of benzene rings is 2. The lowest BCUT2D eigenvalue weighted by atomic mass is 9.98. The Morgan fingerprint density at radius 3 is 2.59 bits per heavy atom. The second kappa shape index (κ2) is 5.56. The first-order valence-corrected chi connectivity index (χ1v) is 6.95. The van der Waals surface area contributed by atoms with Gasteiger partial charge in [0.1, 0.15) is 11.3 Å². The van der Waals surface area contributed by atoms with E-state index in [1.807, 2.05) is 37.3 Å². The van der Waals surface area contributed by atoms with E-state index >= 15 is 0 Å². The van der Waals surface area contributed by atoms with Gasteiger partial charge in [0.2, 0.25) is 0 Å². The summed E-state index contributed by atoms with van der Waals surface area (Å²) in [6.45, 7) is 1.98. The van der Waals surface area contributed by atoms with Crippen molar-refractivity contribution in [2.45, 2.75) is 6.92 Å². The Labute approximate surface area is 129 Å². The summed E-state index contributed by atoms with van der Waals surface area (Å²) in [4.78, 5) is 4.26. The number of aryl methyl sites for hydroxylation is 1. The smallest absolute Gasteiger partial charge is 0.163 e. The van der Waals surface area contributed by atoms with Crippen molar-refractivity contribution in [3.63, 3.8) is 0 Å². The minimum atomic E-state index is 0.177. The molecule has 0 fully saturated rings. The Kier molecular flexibility index (Phi) is 3.59. The number of ether oxygens (including phenoxy) is 2. The van der Waals surface area contributed by atoms with Gasteiger partial charge in [0.25, 0.3) is 0 Å². The van der Waals surface area contributed by atoms with Gasteiger partial charge in [0.15, 0.2) is 11.5 Å². The van der Waals surface area contributed by atoms with Crippen LogP contribution in [0, 0.1) is 6.92 Å². The first-order chi connectivity index (χ1) is 10.7. The molecule has 0 amide bonds. The van der Waals surface area contributed by atoms with Gasteiger partial charge in [-0.1, -0.05) is 6.07 Å². The topological polar surface area (TPSA) is 51.6 Å². The zero-order chi connectivity index (χ0) is 15.7. The highest BCUT2D eigenvalue weighted by atomic mass is 16.5. The predicted octanol–water partition coefficient (Wildman–Crippen LogP) is 3.93. The first-order valence-electron chi connectivity index (χ1n) is 6.95. The Balaban J connectivity index is 2.29. The van der Waals surface area contributed by atoms with Crippen molar-refractivity contribution in [1.29, 1.82) is 0 Å². The van der Waals surface area contributed by atoms with Crippen LogP contribution in [0.15, 0.2) is 42.6 Å². The second-order valence-corrected chi connectivity index (χ2v) is 5.06. The number of methoxy groups -OCH3 is 2. The molecular weight excluding hydrogens is 278 g/mol. The number of pyridine rings is 1. The summed E-state index contributed by atoms with van der Waals surface area (Å²) < 4.78 is 10.8. The van der Waals surface area contributed by atoms with Crippen molar-refractivity contribution in [1.82, 2.24) is 4.98 Å². The van der Waals surface area contributed by atoms with E-state index in [1.165, 1.54) is 0 Å². The number of hydrogen-bond acceptors (Lipinski definition) is 4. The highest BCUT2D eigenvalue weighted by molar-refractivity contribution is 5.98. The molecule has 0 aliphatic heterocycles. The van der Waals surface area contributed by atoms with E-state index in [0.29, 0.717) is 11.3 Å². The summed E-state index contributed by atoms with van der Waals surface area (Å²) in [6.07, 6.45) is 1.67. The van der Waals surface area contributed by atoms with E-state index < -0.39 is 0 Å². The molecule has 3 rings (SSSR count). The van der Waals surface area contributed by atoms with Crippen molar-refractivity contribution >= 4 is 10.9 Å². The highest BCUT2D eigenvalue weighted by Crippen LogP contribution is 2.39. The number of hydrogen-bond donors (Lipinski definition) is 1. The molecule has 4 heteroatoms. The van der Waals surface area contributed by atoms with Crippen LogP contribution in [0.1, 0.15) is 5.56 Å². The maximum atomic E-state index is 9.97. The van der Waals surface area contributed by atoms with Gasteiger partial charge >= 0.3 is 0 Å². The summed E-state index contributed by atoms with van der Waals surface area (Å²) >= 11 is 0. The minimum absolute atomic E-state index is 0.177. The summed E-state index contributed by atoms with van der Waals surface area (Å²) in [7, 11) is 3.25. The number of fused-ring (bicyclic) bond motifs is 1. The highest BCUT2D eigenvalue weighted by Gasteiger charge is 2.13. The number of phenolic OH excluding ortho intramolecular Hbond substituents is 1. The maximum absolute atomic E-state index is 9.97. The summed E-state index contributed by atoms with van der Waals surface area (Å²) in [6, 6.07) is 11.3. The fraction of sp³-hybridized carbons (Fsp3) is 0.167. The molecule has 0 spiro atoms. The molecule has 112 valence electrons. The van der Waals surface area contributed by atoms with Crippen LogP contribution in [0.25, 0.3) is 22.0 Å². The fourth-order valence-electron chi connectivity index (χ4n) is 2.72. The van der Waals surface area contributed by atoms with Crippen LogP contribution >= 0.6 is 0 Å². The van der Waals surface area contributed by atoms with Crippen LogP contribution in [0.4, 0.5) is 0 Å². The zero-order valence-corrected chi connectivity index (χ0v) is 12.8. The number of aromatic hydroxyl groups is 1. The van der Waals surface area contributed by atoms with Crippen LogP contribution < -0.4 is 9.47 Å². The van der Waals surface area contributed by atoms with Crippen LogP contribution in [-0.2, 0) is 0 Å². The molecule has 1 heterocycles. The molecule has 1 N–H and O–H groups in total. The Morgan fingerprint density at radius 2 is 1.86 bits per heavy atom. The van der Waals surface area contributed by atoms with E-state index in [9.17, 15) is 5.11 Å². The molecular formula is C18H17NO3. The van der Waals surface area contributed by atoms with E-state index in [1.54, 1.807) is 26.5 Å². The van der Waals surface area contributed by atoms with E-state index in [4.69, 9.17) is 9.47 Å². The second-order valence-electron chi connectivity index (χ2n) is 5.06. The summed E-state index contributed by atoms with van der Waals surface area (Å²) in [5.41, 5.74) is 3.56. The lowest BCUT2D eigenvalue weighted by Crippen LogP contribution is -1.94. The molecule has 1 aromatic heterocycles. The standard InChI is InChI=1S/C18H17NO3/c1-11-9-12(10-16(21-2)18(11)22-3)13-6-7-15(20)17-14(13)5-4-8-19-17/h4-10,20H,1-3H3. The molecule has 0 unspecified atom stereocenters. The Bertz CT molecular complexity index is 843. The number of phenols is 1. The fourth-order valence-corrected chi connectivity index (χ4v) is 2.72. The van der Waals surface area contributed by atoms with Gasteiger partial charge < -0.3 is 14.6 Å². The van der Waals surface area contributed by atoms with Crippen molar-refractivity contribution in [3.05, 3.63) is 48.2 Å². The molecule has 0 bridgehead atoms. The van der Waals surface area contributed by atoms with E-state index in [2.05, 4.69) is 4.98 Å². The number of nitrogens with zero attached hydrogens (tertiary/aromatic N) is 1. The first kappa shape index (κ1) is 14.2. The molecule has 0 radical (unpaired) electrons. The van der Waals surface area contributed by atoms with E-state index in [0.717, 1.165) is 27.8 Å². The van der Waals surface area contributed by atoms with Crippen LogP contribution in [0.3, 0.4) is 0 Å². The molecule has 0 aliphatic carbocycles. The lowest BCUT2D eigenvalue weighted by Gasteiger charge is -2.14. The number of aromatic nitrogens is 1. The molecule has 4 nitrogen and oxygen atoms in total. The van der Waals surface area contributed by atoms with E-state index in [-0.39, 0.29) is 5.75 Å². The third-order valence-electron chi connectivity index (χ3n) is 3.72. The van der Waals surface area contributed by atoms with Gasteiger partial charge in [-0.15, -0.1) is 0 Å². The van der Waals surface area contributed by atoms with Gasteiger partial charge in [-0.05, 0) is 53.9 Å². The van der Waals surface area contributed by atoms with Crippen LogP contribution in [0.5, 0.6) is 17.2 Å². The zero-order valence-electron chi connectivity index (χ0n) is 12.8. The SMILES string of the molecule is COc1cc(-c2ccc(O)c3ncccc23)cc(C)c1OC. The number of rotatable bonds is 3. The Hall–Kier alpha value is -2.75. The van der Waals surface area contributed by atoms with Gasteiger partial charge in [-0.2, -0.15) is 0 Å². The predicted molar refractivity (Wildman–Crippen MR) is 86.7 cm³/mol. The van der Waals surface area contributed by atoms with Crippen molar-refractivity contribution < 1.29 is 14.6 Å². The molecule has 0 aliphatic rings. The van der Waals surface area contributed by atoms with Crippen molar-refractivity contribution in [2.75, 3.05) is 14.2 Å². The van der Waals surface area contributed by atoms with Crippen LogP contribution in [0.2, 0.25) is 0 Å². The average molecular weight is 295 g/mol. The quantitative estimate of drug-likeness (QED) is 0.795. The Morgan fingerprint density at radius 1 is 1.05 bits per heavy atom. The normalized spacial score (nSPS) is 10.7. The maximum Gasteiger partial charge on any atom is 0.163 e.